The Kier molecular flexibility index (Phi) is 6.62. The van der Waals surface area contributed by atoms with Crippen molar-refractivity contribution in [2.24, 2.45) is 0 Å². The lowest BCUT2D eigenvalue weighted by Crippen LogP contribution is -2.33. The van der Waals surface area contributed by atoms with Gasteiger partial charge in [-0.05, 0) is 29.6 Å². The number of amides is 1. The van der Waals surface area contributed by atoms with Crippen LogP contribution in [0.1, 0.15) is 22.9 Å². The van der Waals surface area contributed by atoms with E-state index in [-0.39, 0.29) is 12.2 Å². The first-order valence-electron chi connectivity index (χ1n) is 7.49. The first kappa shape index (κ1) is 19.8. The van der Waals surface area contributed by atoms with Crippen LogP contribution < -0.4 is 10.1 Å². The average molecular weight is 387 g/mol. The van der Waals surface area contributed by atoms with Crippen LogP contribution in [-0.4, -0.2) is 25.6 Å². The van der Waals surface area contributed by atoms with E-state index >= 15 is 0 Å². The maximum absolute atomic E-state index is 12.7. The van der Waals surface area contributed by atoms with Gasteiger partial charge >= 0.3 is 12.1 Å². The number of thiophene rings is 1. The van der Waals surface area contributed by atoms with Gasteiger partial charge in [0, 0.05) is 4.88 Å². The number of hydrogen-bond acceptors (Lipinski definition) is 5. The van der Waals surface area contributed by atoms with Gasteiger partial charge in [0.25, 0.3) is 5.91 Å². The predicted octanol–water partition coefficient (Wildman–Crippen LogP) is 3.57. The second-order valence-electron chi connectivity index (χ2n) is 5.23. The number of rotatable bonds is 7. The van der Waals surface area contributed by atoms with Gasteiger partial charge < -0.3 is 14.8 Å². The smallest absolute Gasteiger partial charge is 0.416 e. The SMILES string of the molecule is COC(=O)CC(NC(=O)COc1cccc(C(F)(F)F)c1)c1cccs1. The molecule has 9 heteroatoms. The monoisotopic (exact) mass is 387 g/mol. The molecule has 0 saturated heterocycles. The Hall–Kier alpha value is -2.55. The van der Waals surface area contributed by atoms with E-state index in [0.717, 1.165) is 17.0 Å². The maximum Gasteiger partial charge on any atom is 0.416 e. The third kappa shape index (κ3) is 5.76. The molecule has 26 heavy (non-hydrogen) atoms. The molecule has 0 radical (unpaired) electrons. The number of esters is 1. The van der Waals surface area contributed by atoms with Gasteiger partial charge in [-0.1, -0.05) is 12.1 Å². The number of benzene rings is 1. The summed E-state index contributed by atoms with van der Waals surface area (Å²) in [7, 11) is 1.24. The average Bonchev–Trinajstić information content (AvgIpc) is 3.13. The molecule has 1 aromatic carbocycles. The van der Waals surface area contributed by atoms with Crippen LogP contribution in [0, 0.1) is 0 Å². The van der Waals surface area contributed by atoms with E-state index in [9.17, 15) is 22.8 Å². The van der Waals surface area contributed by atoms with E-state index in [2.05, 4.69) is 10.1 Å². The molecule has 0 spiro atoms. The minimum absolute atomic E-state index is 0.0632. The Balaban J connectivity index is 1.97. The van der Waals surface area contributed by atoms with E-state index in [1.54, 1.807) is 17.5 Å². The molecule has 2 rings (SSSR count). The Labute approximate surface area is 151 Å². The Morgan fingerprint density at radius 2 is 2.00 bits per heavy atom. The summed E-state index contributed by atoms with van der Waals surface area (Å²) in [6, 6.07) is 7.19. The molecular formula is C17H16F3NO4S. The van der Waals surface area contributed by atoms with Gasteiger partial charge in [-0.2, -0.15) is 13.2 Å². The summed E-state index contributed by atoms with van der Waals surface area (Å²) in [5.41, 5.74) is -0.863. The molecule has 1 N–H and O–H groups in total. The van der Waals surface area contributed by atoms with Crippen molar-refractivity contribution in [1.82, 2.24) is 5.32 Å². The van der Waals surface area contributed by atoms with Gasteiger partial charge in [-0.25, -0.2) is 0 Å². The molecule has 140 valence electrons. The van der Waals surface area contributed by atoms with Gasteiger partial charge in [-0.3, -0.25) is 9.59 Å². The van der Waals surface area contributed by atoms with Gasteiger partial charge in [0.1, 0.15) is 5.75 Å². The zero-order chi connectivity index (χ0) is 19.2. The number of alkyl halides is 3. The van der Waals surface area contributed by atoms with Crippen molar-refractivity contribution in [3.63, 3.8) is 0 Å². The van der Waals surface area contributed by atoms with Crippen LogP contribution in [0.25, 0.3) is 0 Å². The van der Waals surface area contributed by atoms with Gasteiger partial charge in [0.05, 0.1) is 25.1 Å². The van der Waals surface area contributed by atoms with Crippen molar-refractivity contribution in [3.05, 3.63) is 52.2 Å². The standard InChI is InChI=1S/C17H16F3NO4S/c1-24-16(23)9-13(14-6-3-7-26-14)21-15(22)10-25-12-5-2-4-11(8-12)17(18,19)20/h2-8,13H,9-10H2,1H3,(H,21,22). The van der Waals surface area contributed by atoms with Crippen LogP contribution in [0.2, 0.25) is 0 Å². The van der Waals surface area contributed by atoms with Crippen molar-refractivity contribution in [2.75, 3.05) is 13.7 Å². The normalized spacial score (nSPS) is 12.3. The molecular weight excluding hydrogens is 371 g/mol. The molecule has 1 aromatic heterocycles. The van der Waals surface area contributed by atoms with Crippen LogP contribution in [-0.2, 0) is 20.5 Å². The molecule has 0 fully saturated rings. The summed E-state index contributed by atoms with van der Waals surface area (Å²) in [4.78, 5) is 24.3. The van der Waals surface area contributed by atoms with Gasteiger partial charge in [0.2, 0.25) is 0 Å². The summed E-state index contributed by atoms with van der Waals surface area (Å²) in [5, 5.41) is 4.42. The Bertz CT molecular complexity index is 747. The van der Waals surface area contributed by atoms with Crippen molar-refractivity contribution >= 4 is 23.2 Å². The fraction of sp³-hybridized carbons (Fsp3) is 0.294. The Morgan fingerprint density at radius 3 is 2.62 bits per heavy atom. The molecule has 5 nitrogen and oxygen atoms in total. The zero-order valence-corrected chi connectivity index (χ0v) is 14.5. The quantitative estimate of drug-likeness (QED) is 0.738. The second-order valence-corrected chi connectivity index (χ2v) is 6.21. The lowest BCUT2D eigenvalue weighted by atomic mass is 10.1. The number of methoxy groups -OCH3 is 1. The molecule has 0 aliphatic heterocycles. The van der Waals surface area contributed by atoms with Crippen molar-refractivity contribution in [3.8, 4) is 5.75 Å². The summed E-state index contributed by atoms with van der Waals surface area (Å²) < 4.78 is 47.8. The summed E-state index contributed by atoms with van der Waals surface area (Å²) in [6.45, 7) is -0.482. The second kappa shape index (κ2) is 8.70. The highest BCUT2D eigenvalue weighted by Crippen LogP contribution is 2.31. The topological polar surface area (TPSA) is 64.6 Å². The van der Waals surface area contributed by atoms with Crippen LogP contribution in [0.4, 0.5) is 13.2 Å². The van der Waals surface area contributed by atoms with Crippen molar-refractivity contribution in [2.45, 2.75) is 18.6 Å². The lowest BCUT2D eigenvalue weighted by molar-refractivity contribution is -0.141. The van der Waals surface area contributed by atoms with E-state index in [0.29, 0.717) is 0 Å². The first-order valence-corrected chi connectivity index (χ1v) is 8.37. The van der Waals surface area contributed by atoms with Crippen LogP contribution >= 0.6 is 11.3 Å². The Morgan fingerprint density at radius 1 is 1.23 bits per heavy atom. The van der Waals surface area contributed by atoms with Crippen molar-refractivity contribution in [1.29, 1.82) is 0 Å². The summed E-state index contributed by atoms with van der Waals surface area (Å²) in [5.74, 6) is -1.14. The number of carbonyl (C=O) groups is 2. The third-order valence-corrected chi connectivity index (χ3v) is 4.34. The molecule has 1 amide bonds. The number of carbonyl (C=O) groups excluding carboxylic acids is 2. The van der Waals surface area contributed by atoms with E-state index in [4.69, 9.17) is 4.74 Å². The molecule has 1 atom stereocenters. The van der Waals surface area contributed by atoms with E-state index < -0.39 is 36.3 Å². The van der Waals surface area contributed by atoms with Crippen LogP contribution in [0.15, 0.2) is 41.8 Å². The number of halogens is 3. The number of nitrogens with one attached hydrogen (secondary N) is 1. The molecule has 2 aromatic rings. The molecule has 0 saturated carbocycles. The molecule has 0 bridgehead atoms. The molecule has 1 heterocycles. The van der Waals surface area contributed by atoms with Gasteiger partial charge in [-0.15, -0.1) is 11.3 Å². The highest BCUT2D eigenvalue weighted by molar-refractivity contribution is 7.10. The fourth-order valence-corrected chi connectivity index (χ4v) is 2.89. The highest BCUT2D eigenvalue weighted by Gasteiger charge is 2.30. The van der Waals surface area contributed by atoms with Crippen LogP contribution in [0.5, 0.6) is 5.75 Å². The molecule has 1 unspecified atom stereocenters. The number of ether oxygens (including phenoxy) is 2. The van der Waals surface area contributed by atoms with Crippen LogP contribution in [0.3, 0.4) is 0 Å². The maximum atomic E-state index is 12.7. The first-order chi connectivity index (χ1) is 12.3. The molecule has 0 aliphatic rings. The highest BCUT2D eigenvalue weighted by atomic mass is 32.1. The minimum atomic E-state index is -4.49. The summed E-state index contributed by atoms with van der Waals surface area (Å²) >= 11 is 1.36. The fourth-order valence-electron chi connectivity index (χ4n) is 2.11. The van der Waals surface area contributed by atoms with Gasteiger partial charge in [0.15, 0.2) is 6.61 Å². The summed E-state index contributed by atoms with van der Waals surface area (Å²) in [6.07, 6.45) is -4.56. The van der Waals surface area contributed by atoms with E-state index in [1.165, 1.54) is 30.6 Å². The van der Waals surface area contributed by atoms with Crippen molar-refractivity contribution < 1.29 is 32.2 Å². The number of hydrogen-bond donors (Lipinski definition) is 1. The molecule has 0 aliphatic carbocycles. The third-order valence-electron chi connectivity index (χ3n) is 3.35. The minimum Gasteiger partial charge on any atom is -0.484 e. The lowest BCUT2D eigenvalue weighted by Gasteiger charge is -2.17. The zero-order valence-electron chi connectivity index (χ0n) is 13.7. The predicted molar refractivity (Wildman–Crippen MR) is 88.8 cm³/mol. The van der Waals surface area contributed by atoms with E-state index in [1.807, 2.05) is 0 Å². The largest absolute Gasteiger partial charge is 0.484 e.